The highest BCUT2D eigenvalue weighted by Gasteiger charge is 2.33. The molecule has 0 heterocycles. The maximum absolute atomic E-state index is 13.0. The first-order valence-electron chi connectivity index (χ1n) is 7.21. The second-order valence-electron chi connectivity index (χ2n) is 5.15. The molecular weight excluding hydrogens is 341 g/mol. The molecule has 0 atom stereocenters. The van der Waals surface area contributed by atoms with Crippen LogP contribution in [-0.4, -0.2) is 19.5 Å². The van der Waals surface area contributed by atoms with Gasteiger partial charge in [-0.3, -0.25) is 4.79 Å². The van der Waals surface area contributed by atoms with Crippen molar-refractivity contribution < 1.29 is 18.0 Å². The summed E-state index contributed by atoms with van der Waals surface area (Å²) in [6.45, 7) is 0.0840. The van der Waals surface area contributed by atoms with E-state index in [1.165, 1.54) is 17.0 Å². The number of hydrogen-bond acceptors (Lipinski definition) is 2. The van der Waals surface area contributed by atoms with Gasteiger partial charge in [0.25, 0.3) is 0 Å². The van der Waals surface area contributed by atoms with Crippen molar-refractivity contribution in [2.24, 2.45) is 0 Å². The zero-order valence-corrected chi connectivity index (χ0v) is 13.7. The van der Waals surface area contributed by atoms with Gasteiger partial charge < -0.3 is 10.2 Å². The molecule has 0 aromatic heterocycles. The Balaban J connectivity index is 1.98. The minimum absolute atomic E-state index is 0.00719. The molecule has 128 valence electrons. The summed E-state index contributed by atoms with van der Waals surface area (Å²) in [4.78, 5) is 13.6. The van der Waals surface area contributed by atoms with E-state index in [1.54, 1.807) is 31.3 Å². The second-order valence-corrected chi connectivity index (χ2v) is 5.59. The smallest absolute Gasteiger partial charge is 0.384 e. The minimum atomic E-state index is -4.52. The molecule has 0 fully saturated rings. The van der Waals surface area contributed by atoms with Crippen LogP contribution in [0.25, 0.3) is 0 Å². The van der Waals surface area contributed by atoms with Crippen molar-refractivity contribution in [3.05, 3.63) is 59.1 Å². The first kappa shape index (κ1) is 18.1. The fraction of sp³-hybridized carbons (Fsp3) is 0.235. The molecule has 0 aliphatic rings. The van der Waals surface area contributed by atoms with Gasteiger partial charge in [-0.05, 0) is 30.3 Å². The number of anilines is 2. The van der Waals surface area contributed by atoms with Crippen LogP contribution in [0.1, 0.15) is 12.0 Å². The van der Waals surface area contributed by atoms with Crippen LogP contribution >= 0.6 is 11.6 Å². The van der Waals surface area contributed by atoms with E-state index in [0.717, 1.165) is 11.8 Å². The molecule has 0 saturated carbocycles. The van der Waals surface area contributed by atoms with Gasteiger partial charge >= 0.3 is 6.18 Å². The van der Waals surface area contributed by atoms with Crippen molar-refractivity contribution in [3.63, 3.8) is 0 Å². The van der Waals surface area contributed by atoms with Crippen molar-refractivity contribution in [1.82, 2.24) is 0 Å². The van der Waals surface area contributed by atoms with Crippen LogP contribution in [0.5, 0.6) is 0 Å². The highest BCUT2D eigenvalue weighted by Crippen LogP contribution is 2.36. The van der Waals surface area contributed by atoms with Crippen LogP contribution < -0.4 is 10.2 Å². The van der Waals surface area contributed by atoms with Crippen LogP contribution in [0, 0.1) is 0 Å². The van der Waals surface area contributed by atoms with Crippen LogP contribution in [0.3, 0.4) is 0 Å². The predicted octanol–water partition coefficient (Wildman–Crippen LogP) is 4.82. The van der Waals surface area contributed by atoms with E-state index >= 15 is 0 Å². The van der Waals surface area contributed by atoms with E-state index in [9.17, 15) is 18.0 Å². The van der Waals surface area contributed by atoms with E-state index in [2.05, 4.69) is 5.32 Å². The molecule has 7 heteroatoms. The Morgan fingerprint density at radius 3 is 2.46 bits per heavy atom. The maximum Gasteiger partial charge on any atom is 0.418 e. The molecule has 0 bridgehead atoms. The number of carbonyl (C=O) groups is 1. The average molecular weight is 357 g/mol. The van der Waals surface area contributed by atoms with Gasteiger partial charge in [0.1, 0.15) is 0 Å². The zero-order valence-electron chi connectivity index (χ0n) is 12.9. The Hall–Kier alpha value is -2.21. The Morgan fingerprint density at radius 1 is 1.17 bits per heavy atom. The lowest BCUT2D eigenvalue weighted by molar-refractivity contribution is -0.137. The van der Waals surface area contributed by atoms with Crippen LogP contribution in [0.4, 0.5) is 24.5 Å². The summed E-state index contributed by atoms with van der Waals surface area (Å²) < 4.78 is 39.0. The molecule has 1 N–H and O–H groups in total. The molecule has 1 amide bonds. The summed E-state index contributed by atoms with van der Waals surface area (Å²) in [7, 11) is 1.63. The Bertz CT molecular complexity index is 705. The third-order valence-electron chi connectivity index (χ3n) is 3.46. The van der Waals surface area contributed by atoms with Gasteiger partial charge in [-0.1, -0.05) is 29.8 Å². The summed E-state index contributed by atoms with van der Waals surface area (Å²) in [5, 5.41) is 2.67. The molecule has 2 aromatic rings. The number of halogens is 4. The van der Waals surface area contributed by atoms with Crippen molar-refractivity contribution in [2.45, 2.75) is 12.6 Å². The van der Waals surface area contributed by atoms with Gasteiger partial charge in [0.2, 0.25) is 5.91 Å². The second kappa shape index (κ2) is 7.57. The van der Waals surface area contributed by atoms with Gasteiger partial charge in [-0.15, -0.1) is 0 Å². The normalized spacial score (nSPS) is 11.2. The quantitative estimate of drug-likeness (QED) is 0.832. The third kappa shape index (κ3) is 4.64. The standard InChI is InChI=1S/C17H16ClF3N2O/c1-23(13-5-3-2-4-6-13)16(24)9-10-22-15-8-7-12(18)11-14(15)17(19,20)21/h2-8,11,22H,9-10H2,1H3. The summed E-state index contributed by atoms with van der Waals surface area (Å²) in [6, 6.07) is 12.5. The van der Waals surface area contributed by atoms with Crippen LogP contribution in [0.2, 0.25) is 5.02 Å². The molecule has 2 aromatic carbocycles. The monoisotopic (exact) mass is 356 g/mol. The average Bonchev–Trinajstić information content (AvgIpc) is 2.55. The van der Waals surface area contributed by atoms with E-state index in [4.69, 9.17) is 11.6 Å². The Kier molecular flexibility index (Phi) is 5.72. The lowest BCUT2D eigenvalue weighted by atomic mass is 10.1. The number of rotatable bonds is 5. The van der Waals surface area contributed by atoms with Crippen molar-refractivity contribution in [3.8, 4) is 0 Å². The molecule has 3 nitrogen and oxygen atoms in total. The molecular formula is C17H16ClF3N2O. The number of alkyl halides is 3. The predicted molar refractivity (Wildman–Crippen MR) is 89.4 cm³/mol. The maximum atomic E-state index is 13.0. The molecule has 2 rings (SSSR count). The molecule has 0 aliphatic heterocycles. The molecule has 0 unspecified atom stereocenters. The van der Waals surface area contributed by atoms with Gasteiger partial charge in [-0.2, -0.15) is 13.2 Å². The summed E-state index contributed by atoms with van der Waals surface area (Å²) in [5.41, 5.74) is -0.217. The highest BCUT2D eigenvalue weighted by atomic mass is 35.5. The number of nitrogens with zero attached hydrogens (tertiary/aromatic N) is 1. The molecule has 24 heavy (non-hydrogen) atoms. The zero-order chi connectivity index (χ0) is 17.7. The summed E-state index contributed by atoms with van der Waals surface area (Å²) in [5.74, 6) is -0.198. The van der Waals surface area contributed by atoms with E-state index < -0.39 is 11.7 Å². The van der Waals surface area contributed by atoms with E-state index in [0.29, 0.717) is 0 Å². The van der Waals surface area contributed by atoms with Crippen molar-refractivity contribution in [1.29, 1.82) is 0 Å². The lowest BCUT2D eigenvalue weighted by Gasteiger charge is -2.18. The number of hydrogen-bond donors (Lipinski definition) is 1. The van der Waals surface area contributed by atoms with Crippen LogP contribution in [0.15, 0.2) is 48.5 Å². The summed E-state index contributed by atoms with van der Waals surface area (Å²) in [6.07, 6.45) is -4.45. The number of amides is 1. The largest absolute Gasteiger partial charge is 0.418 e. The summed E-state index contributed by atoms with van der Waals surface area (Å²) >= 11 is 5.63. The number of carbonyl (C=O) groups excluding carboxylic acids is 1. The van der Waals surface area contributed by atoms with Gasteiger partial charge in [0.05, 0.1) is 5.56 Å². The SMILES string of the molecule is CN(C(=O)CCNc1ccc(Cl)cc1C(F)(F)F)c1ccccc1. The lowest BCUT2D eigenvalue weighted by Crippen LogP contribution is -2.28. The Labute approximate surface area is 143 Å². The first-order chi connectivity index (χ1) is 11.3. The molecule has 0 saturated heterocycles. The number of nitrogens with one attached hydrogen (secondary N) is 1. The number of benzene rings is 2. The Morgan fingerprint density at radius 2 is 1.83 bits per heavy atom. The van der Waals surface area contributed by atoms with Crippen LogP contribution in [-0.2, 0) is 11.0 Å². The fourth-order valence-corrected chi connectivity index (χ4v) is 2.34. The topological polar surface area (TPSA) is 32.3 Å². The number of para-hydroxylation sites is 1. The molecule has 0 aliphatic carbocycles. The van der Waals surface area contributed by atoms with Gasteiger partial charge in [-0.25, -0.2) is 0 Å². The first-order valence-corrected chi connectivity index (χ1v) is 7.59. The highest BCUT2D eigenvalue weighted by molar-refractivity contribution is 6.30. The van der Waals surface area contributed by atoms with Crippen molar-refractivity contribution >= 4 is 28.9 Å². The van der Waals surface area contributed by atoms with Gasteiger partial charge in [0, 0.05) is 36.4 Å². The van der Waals surface area contributed by atoms with Gasteiger partial charge in [0.15, 0.2) is 0 Å². The minimum Gasteiger partial charge on any atom is -0.384 e. The molecule has 0 radical (unpaired) electrons. The van der Waals surface area contributed by atoms with E-state index in [-0.39, 0.29) is 29.6 Å². The van der Waals surface area contributed by atoms with E-state index in [1.807, 2.05) is 6.07 Å². The fourth-order valence-electron chi connectivity index (χ4n) is 2.17. The third-order valence-corrected chi connectivity index (χ3v) is 3.69. The molecule has 0 spiro atoms. The van der Waals surface area contributed by atoms with Crippen molar-refractivity contribution in [2.75, 3.05) is 23.8 Å².